The van der Waals surface area contributed by atoms with Crippen molar-refractivity contribution in [1.29, 1.82) is 0 Å². The van der Waals surface area contributed by atoms with Crippen molar-refractivity contribution in [3.05, 3.63) is 27.8 Å². The van der Waals surface area contributed by atoms with Crippen LogP contribution < -0.4 is 4.90 Å². The fourth-order valence-corrected chi connectivity index (χ4v) is 3.61. The van der Waals surface area contributed by atoms with Crippen molar-refractivity contribution in [3.63, 3.8) is 0 Å². The molecule has 1 aromatic carbocycles. The van der Waals surface area contributed by atoms with Gasteiger partial charge in [-0.2, -0.15) is 0 Å². The first-order valence-electron chi connectivity index (χ1n) is 7.04. The van der Waals surface area contributed by atoms with Gasteiger partial charge in [0.25, 0.3) is 0 Å². The predicted molar refractivity (Wildman–Crippen MR) is 81.7 cm³/mol. The topological polar surface area (TPSA) is 37.4 Å². The summed E-state index contributed by atoms with van der Waals surface area (Å²) in [6, 6.07) is -0.360. The molecule has 2 atom stereocenters. The van der Waals surface area contributed by atoms with E-state index in [9.17, 15) is 9.59 Å². The van der Waals surface area contributed by atoms with Gasteiger partial charge >= 0.3 is 0 Å². The lowest BCUT2D eigenvalue weighted by molar-refractivity contribution is -0.124. The second-order valence-corrected chi connectivity index (χ2v) is 6.02. The number of rotatable bonds is 2. The molecular formula is C17H23NO2. The Balaban J connectivity index is 2.84. The lowest BCUT2D eigenvalue weighted by Crippen LogP contribution is -2.39. The summed E-state index contributed by atoms with van der Waals surface area (Å²) < 4.78 is 0. The molecule has 0 saturated heterocycles. The van der Waals surface area contributed by atoms with Crippen LogP contribution in [0.5, 0.6) is 0 Å². The van der Waals surface area contributed by atoms with Crippen LogP contribution in [-0.4, -0.2) is 24.7 Å². The summed E-state index contributed by atoms with van der Waals surface area (Å²) in [4.78, 5) is 26.2. The van der Waals surface area contributed by atoms with E-state index in [-0.39, 0.29) is 23.5 Å². The van der Waals surface area contributed by atoms with E-state index in [1.54, 1.807) is 13.8 Å². The highest BCUT2D eigenvalue weighted by molar-refractivity contribution is 6.00. The van der Waals surface area contributed by atoms with Crippen LogP contribution in [0.25, 0.3) is 0 Å². The minimum absolute atomic E-state index is 0.0537. The zero-order chi connectivity index (χ0) is 15.4. The van der Waals surface area contributed by atoms with Crippen LogP contribution in [0.4, 0.5) is 5.69 Å². The first-order chi connectivity index (χ1) is 9.20. The van der Waals surface area contributed by atoms with Crippen molar-refractivity contribution in [1.82, 2.24) is 0 Å². The van der Waals surface area contributed by atoms with Crippen LogP contribution in [0, 0.1) is 27.7 Å². The predicted octanol–water partition coefficient (Wildman–Crippen LogP) is 3.00. The third-order valence-corrected chi connectivity index (χ3v) is 4.95. The summed E-state index contributed by atoms with van der Waals surface area (Å²) >= 11 is 0. The average Bonchev–Trinajstić information content (AvgIpc) is 2.67. The molecule has 1 heterocycles. The Morgan fingerprint density at radius 1 is 0.850 bits per heavy atom. The zero-order valence-electron chi connectivity index (χ0n) is 13.4. The van der Waals surface area contributed by atoms with Gasteiger partial charge in [0.2, 0.25) is 0 Å². The molecule has 0 amide bonds. The molecule has 2 rings (SSSR count). The number of ketones is 2. The number of fused-ring (bicyclic) bond motifs is 1. The van der Waals surface area contributed by atoms with Crippen molar-refractivity contribution < 1.29 is 9.59 Å². The normalized spacial score (nSPS) is 21.1. The molecule has 0 saturated carbocycles. The maximum Gasteiger partial charge on any atom is 0.153 e. The second-order valence-electron chi connectivity index (χ2n) is 6.02. The largest absolute Gasteiger partial charge is 0.363 e. The molecule has 0 aromatic heterocycles. The number of carbonyl (C=O) groups is 2. The summed E-state index contributed by atoms with van der Waals surface area (Å²) in [7, 11) is 1.93. The van der Waals surface area contributed by atoms with E-state index in [1.165, 1.54) is 16.7 Å². The van der Waals surface area contributed by atoms with Gasteiger partial charge in [0, 0.05) is 12.7 Å². The van der Waals surface area contributed by atoms with Gasteiger partial charge in [-0.3, -0.25) is 9.59 Å². The highest BCUT2D eigenvalue weighted by Crippen LogP contribution is 2.46. The van der Waals surface area contributed by atoms with Crippen LogP contribution in [0.2, 0.25) is 0 Å². The summed E-state index contributed by atoms with van der Waals surface area (Å²) in [5.74, 6) is -0.204. The molecule has 1 aromatic rings. The Labute approximate surface area is 121 Å². The number of Topliss-reactive ketones (excluding diaryl/α,β-unsaturated/α-hetero) is 2. The van der Waals surface area contributed by atoms with Crippen molar-refractivity contribution in [3.8, 4) is 0 Å². The summed E-state index contributed by atoms with van der Waals surface area (Å²) in [6.07, 6.45) is 0. The second kappa shape index (κ2) is 4.72. The molecule has 0 spiro atoms. The van der Waals surface area contributed by atoms with Gasteiger partial charge in [0.05, 0.1) is 5.92 Å². The van der Waals surface area contributed by atoms with E-state index >= 15 is 0 Å². The minimum atomic E-state index is -0.360. The third-order valence-electron chi connectivity index (χ3n) is 4.95. The highest BCUT2D eigenvalue weighted by atomic mass is 16.1. The number of nitrogens with zero attached hydrogens (tertiary/aromatic N) is 1. The molecule has 1 aliphatic heterocycles. The molecule has 2 unspecified atom stereocenters. The Morgan fingerprint density at radius 2 is 1.35 bits per heavy atom. The molecule has 0 aliphatic carbocycles. The number of hydrogen-bond donors (Lipinski definition) is 0. The van der Waals surface area contributed by atoms with E-state index in [0.29, 0.717) is 0 Å². The van der Waals surface area contributed by atoms with Crippen LogP contribution in [0.1, 0.15) is 47.6 Å². The van der Waals surface area contributed by atoms with Crippen molar-refractivity contribution in [2.45, 2.75) is 53.5 Å². The SMILES string of the molecule is CC(=O)C1c2c(C)c(C)c(C)c(C)c2N(C)C1C(C)=O. The summed E-state index contributed by atoms with van der Waals surface area (Å²) in [5, 5.41) is 0. The van der Waals surface area contributed by atoms with Crippen LogP contribution in [-0.2, 0) is 9.59 Å². The van der Waals surface area contributed by atoms with Gasteiger partial charge in [0.1, 0.15) is 11.8 Å². The monoisotopic (exact) mass is 273 g/mol. The average molecular weight is 273 g/mol. The molecule has 3 nitrogen and oxygen atoms in total. The molecule has 0 N–H and O–H groups in total. The van der Waals surface area contributed by atoms with Gasteiger partial charge < -0.3 is 4.90 Å². The Kier molecular flexibility index (Phi) is 3.49. The molecule has 0 fully saturated rings. The first kappa shape index (κ1) is 14.8. The van der Waals surface area contributed by atoms with E-state index in [2.05, 4.69) is 27.7 Å². The molecule has 108 valence electrons. The lowest BCUT2D eigenvalue weighted by atomic mass is 9.83. The van der Waals surface area contributed by atoms with Gasteiger partial charge in [-0.05, 0) is 69.4 Å². The first-order valence-corrected chi connectivity index (χ1v) is 7.04. The maximum atomic E-state index is 12.2. The van der Waals surface area contributed by atoms with Gasteiger partial charge in [-0.15, -0.1) is 0 Å². The fraction of sp³-hybridized carbons (Fsp3) is 0.529. The van der Waals surface area contributed by atoms with Crippen LogP contribution >= 0.6 is 0 Å². The zero-order valence-corrected chi connectivity index (χ0v) is 13.4. The molecule has 0 bridgehead atoms. The maximum absolute atomic E-state index is 12.2. The van der Waals surface area contributed by atoms with Crippen LogP contribution in [0.3, 0.4) is 0 Å². The van der Waals surface area contributed by atoms with Crippen molar-refractivity contribution in [2.75, 3.05) is 11.9 Å². The lowest BCUT2D eigenvalue weighted by Gasteiger charge is -2.24. The summed E-state index contributed by atoms with van der Waals surface area (Å²) in [5.41, 5.74) is 6.94. The van der Waals surface area contributed by atoms with Crippen molar-refractivity contribution >= 4 is 17.3 Å². The van der Waals surface area contributed by atoms with Gasteiger partial charge in [-0.1, -0.05) is 0 Å². The number of benzene rings is 1. The Hall–Kier alpha value is -1.64. The van der Waals surface area contributed by atoms with E-state index in [4.69, 9.17) is 0 Å². The third kappa shape index (κ3) is 1.80. The number of hydrogen-bond acceptors (Lipinski definition) is 3. The summed E-state index contributed by atoms with van der Waals surface area (Å²) in [6.45, 7) is 11.5. The number of anilines is 1. The smallest absolute Gasteiger partial charge is 0.153 e. The Morgan fingerprint density at radius 3 is 1.80 bits per heavy atom. The van der Waals surface area contributed by atoms with E-state index in [1.807, 2.05) is 11.9 Å². The van der Waals surface area contributed by atoms with E-state index in [0.717, 1.165) is 16.8 Å². The number of carbonyl (C=O) groups excluding carboxylic acids is 2. The van der Waals surface area contributed by atoms with Crippen molar-refractivity contribution in [2.24, 2.45) is 0 Å². The molecular weight excluding hydrogens is 250 g/mol. The quantitative estimate of drug-likeness (QED) is 0.831. The minimum Gasteiger partial charge on any atom is -0.363 e. The van der Waals surface area contributed by atoms with E-state index < -0.39 is 0 Å². The standard InChI is InChI=1S/C17H23NO2/c1-8-9(2)11(4)16-14(10(8)3)15(12(5)19)17(13(6)20)18(16)7/h15,17H,1-7H3. The number of likely N-dealkylation sites (N-methyl/N-ethyl adjacent to an activating group) is 1. The van der Waals surface area contributed by atoms with Crippen LogP contribution in [0.15, 0.2) is 0 Å². The highest BCUT2D eigenvalue weighted by Gasteiger charge is 2.44. The fourth-order valence-electron chi connectivity index (χ4n) is 3.61. The molecule has 0 radical (unpaired) electrons. The molecule has 20 heavy (non-hydrogen) atoms. The molecule has 3 heteroatoms. The Bertz CT molecular complexity index is 616. The van der Waals surface area contributed by atoms with Gasteiger partial charge in [-0.25, -0.2) is 0 Å². The van der Waals surface area contributed by atoms with Gasteiger partial charge in [0.15, 0.2) is 5.78 Å². The molecule has 1 aliphatic rings.